The second-order valence-corrected chi connectivity index (χ2v) is 6.90. The Morgan fingerprint density at radius 3 is 2.60 bits per heavy atom. The van der Waals surface area contributed by atoms with Gasteiger partial charge in [-0.15, -0.1) is 0 Å². The average molecular weight is 354 g/mol. The zero-order valence-electron chi connectivity index (χ0n) is 13.9. The minimum atomic E-state index is 0.297. The summed E-state index contributed by atoms with van der Waals surface area (Å²) in [6.45, 7) is 0. The standard InChI is InChI=1S/C19H20ClN5/c20-17-11-13(8-9-22-17)12-6-7-16-15(10-12)18(25-19(21)24-16)23-14-4-2-1-3-5-14/h6-11,14H,1-5H2,(H3,21,23,24,25). The molecule has 0 unspecified atom stereocenters. The van der Waals surface area contributed by atoms with Gasteiger partial charge in [0.05, 0.1) is 5.52 Å². The lowest BCUT2D eigenvalue weighted by atomic mass is 9.95. The predicted molar refractivity (Wildman–Crippen MR) is 103 cm³/mol. The number of hydrogen-bond acceptors (Lipinski definition) is 5. The fourth-order valence-corrected chi connectivity index (χ4v) is 3.63. The van der Waals surface area contributed by atoms with Crippen LogP contribution < -0.4 is 11.1 Å². The third-order valence-corrected chi connectivity index (χ3v) is 4.93. The highest BCUT2D eigenvalue weighted by atomic mass is 35.5. The predicted octanol–water partition coefficient (Wildman–Crippen LogP) is 4.67. The maximum atomic E-state index is 6.03. The van der Waals surface area contributed by atoms with Crippen LogP contribution in [0.4, 0.5) is 11.8 Å². The van der Waals surface area contributed by atoms with Crippen LogP contribution in [0.5, 0.6) is 0 Å². The Balaban J connectivity index is 1.76. The fourth-order valence-electron chi connectivity index (χ4n) is 3.46. The number of halogens is 1. The number of nitrogens with two attached hydrogens (primary N) is 1. The second-order valence-electron chi connectivity index (χ2n) is 6.51. The van der Waals surface area contributed by atoms with Crippen LogP contribution in [0.15, 0.2) is 36.5 Å². The number of hydrogen-bond donors (Lipinski definition) is 2. The monoisotopic (exact) mass is 353 g/mol. The highest BCUT2D eigenvalue weighted by Gasteiger charge is 2.16. The van der Waals surface area contributed by atoms with E-state index in [-0.39, 0.29) is 0 Å². The van der Waals surface area contributed by atoms with Gasteiger partial charge >= 0.3 is 0 Å². The number of nitrogen functional groups attached to an aromatic ring is 1. The topological polar surface area (TPSA) is 76.7 Å². The van der Waals surface area contributed by atoms with Crippen LogP contribution in [0, 0.1) is 0 Å². The van der Waals surface area contributed by atoms with Crippen LogP contribution in [0.1, 0.15) is 32.1 Å². The van der Waals surface area contributed by atoms with Gasteiger partial charge in [-0.25, -0.2) is 9.97 Å². The number of pyridine rings is 1. The molecule has 0 radical (unpaired) electrons. The van der Waals surface area contributed by atoms with Gasteiger partial charge in [-0.2, -0.15) is 4.98 Å². The Bertz CT molecular complexity index is 905. The molecule has 2 heterocycles. The summed E-state index contributed by atoms with van der Waals surface area (Å²) in [5.41, 5.74) is 8.82. The number of anilines is 2. The van der Waals surface area contributed by atoms with Crippen LogP contribution in [0.2, 0.25) is 5.15 Å². The van der Waals surface area contributed by atoms with Gasteiger partial charge in [0.15, 0.2) is 0 Å². The van der Waals surface area contributed by atoms with Crippen molar-refractivity contribution in [2.24, 2.45) is 0 Å². The molecule has 3 N–H and O–H groups in total. The van der Waals surface area contributed by atoms with E-state index in [1.54, 1.807) is 6.20 Å². The van der Waals surface area contributed by atoms with Gasteiger partial charge in [0.25, 0.3) is 0 Å². The van der Waals surface area contributed by atoms with Gasteiger partial charge in [-0.05, 0) is 48.2 Å². The molecule has 128 valence electrons. The van der Waals surface area contributed by atoms with Gasteiger partial charge in [0.1, 0.15) is 11.0 Å². The lowest BCUT2D eigenvalue weighted by Crippen LogP contribution is -2.23. The van der Waals surface area contributed by atoms with Crippen LogP contribution >= 0.6 is 11.6 Å². The summed E-state index contributed by atoms with van der Waals surface area (Å²) < 4.78 is 0. The smallest absolute Gasteiger partial charge is 0.222 e. The Hall–Kier alpha value is -2.40. The zero-order valence-corrected chi connectivity index (χ0v) is 14.6. The maximum Gasteiger partial charge on any atom is 0.222 e. The van der Waals surface area contributed by atoms with Crippen molar-refractivity contribution in [1.29, 1.82) is 0 Å². The SMILES string of the molecule is Nc1nc(NC2CCCCC2)c2cc(-c3ccnc(Cl)c3)ccc2n1. The first kappa shape index (κ1) is 16.1. The number of benzene rings is 1. The van der Waals surface area contributed by atoms with E-state index in [1.165, 1.54) is 32.1 Å². The lowest BCUT2D eigenvalue weighted by molar-refractivity contribution is 0.462. The molecule has 0 aliphatic heterocycles. The molecule has 1 fully saturated rings. The largest absolute Gasteiger partial charge is 0.368 e. The van der Waals surface area contributed by atoms with E-state index in [1.807, 2.05) is 24.3 Å². The van der Waals surface area contributed by atoms with Crippen LogP contribution in [-0.2, 0) is 0 Å². The molecule has 6 heteroatoms. The molecule has 25 heavy (non-hydrogen) atoms. The molecular formula is C19H20ClN5. The molecule has 1 saturated carbocycles. The van der Waals surface area contributed by atoms with Crippen LogP contribution in [-0.4, -0.2) is 21.0 Å². The molecule has 0 spiro atoms. The minimum absolute atomic E-state index is 0.297. The summed E-state index contributed by atoms with van der Waals surface area (Å²) in [4.78, 5) is 12.9. The number of rotatable bonds is 3. The number of nitrogens with one attached hydrogen (secondary N) is 1. The van der Waals surface area contributed by atoms with Crippen molar-refractivity contribution in [3.63, 3.8) is 0 Å². The zero-order chi connectivity index (χ0) is 17.2. The average Bonchev–Trinajstić information content (AvgIpc) is 2.62. The van der Waals surface area contributed by atoms with Gasteiger partial charge in [0.2, 0.25) is 5.95 Å². The summed E-state index contributed by atoms with van der Waals surface area (Å²) in [7, 11) is 0. The van der Waals surface area contributed by atoms with E-state index in [2.05, 4.69) is 26.3 Å². The summed E-state index contributed by atoms with van der Waals surface area (Å²) >= 11 is 6.03. The molecule has 5 nitrogen and oxygen atoms in total. The Kier molecular flexibility index (Phi) is 4.40. The van der Waals surface area contributed by atoms with E-state index >= 15 is 0 Å². The fraction of sp³-hybridized carbons (Fsp3) is 0.316. The maximum absolute atomic E-state index is 6.03. The highest BCUT2D eigenvalue weighted by molar-refractivity contribution is 6.29. The number of fused-ring (bicyclic) bond motifs is 1. The second kappa shape index (κ2) is 6.84. The lowest BCUT2D eigenvalue weighted by Gasteiger charge is -2.24. The van der Waals surface area contributed by atoms with Crippen molar-refractivity contribution in [3.8, 4) is 11.1 Å². The minimum Gasteiger partial charge on any atom is -0.368 e. The Labute approximate surface area is 151 Å². The van der Waals surface area contributed by atoms with Crippen molar-refractivity contribution < 1.29 is 0 Å². The molecule has 1 aliphatic carbocycles. The van der Waals surface area contributed by atoms with Gasteiger partial charge in [-0.3, -0.25) is 0 Å². The van der Waals surface area contributed by atoms with E-state index < -0.39 is 0 Å². The molecule has 0 saturated heterocycles. The first-order valence-electron chi connectivity index (χ1n) is 8.65. The van der Waals surface area contributed by atoms with Crippen molar-refractivity contribution in [3.05, 3.63) is 41.7 Å². The molecule has 4 rings (SSSR count). The first-order chi connectivity index (χ1) is 12.2. The van der Waals surface area contributed by atoms with E-state index in [0.29, 0.717) is 17.1 Å². The quantitative estimate of drug-likeness (QED) is 0.669. The molecule has 1 aromatic carbocycles. The van der Waals surface area contributed by atoms with Crippen LogP contribution in [0.25, 0.3) is 22.0 Å². The Morgan fingerprint density at radius 1 is 1.00 bits per heavy atom. The molecule has 0 atom stereocenters. The van der Waals surface area contributed by atoms with Gasteiger partial charge < -0.3 is 11.1 Å². The molecular weight excluding hydrogens is 334 g/mol. The Morgan fingerprint density at radius 2 is 1.80 bits per heavy atom. The van der Waals surface area contributed by atoms with Gasteiger partial charge in [-0.1, -0.05) is 36.9 Å². The summed E-state index contributed by atoms with van der Waals surface area (Å²) in [5.74, 6) is 1.11. The normalized spacial score (nSPS) is 15.4. The third-order valence-electron chi connectivity index (χ3n) is 4.72. The summed E-state index contributed by atoms with van der Waals surface area (Å²) in [5, 5.41) is 5.04. The van der Waals surface area contributed by atoms with Crippen molar-refractivity contribution in [2.45, 2.75) is 38.1 Å². The molecule has 1 aliphatic rings. The van der Waals surface area contributed by atoms with E-state index in [4.69, 9.17) is 17.3 Å². The summed E-state index contributed by atoms with van der Waals surface area (Å²) in [6, 6.07) is 10.3. The molecule has 3 aromatic rings. The molecule has 0 amide bonds. The molecule has 0 bridgehead atoms. The van der Waals surface area contributed by atoms with Crippen LogP contribution in [0.3, 0.4) is 0 Å². The number of aromatic nitrogens is 3. The van der Waals surface area contributed by atoms with Gasteiger partial charge in [0, 0.05) is 17.6 Å². The van der Waals surface area contributed by atoms with Crippen molar-refractivity contribution in [1.82, 2.24) is 15.0 Å². The van der Waals surface area contributed by atoms with E-state index in [9.17, 15) is 0 Å². The molecule has 2 aromatic heterocycles. The highest BCUT2D eigenvalue weighted by Crippen LogP contribution is 2.30. The number of nitrogens with zero attached hydrogens (tertiary/aromatic N) is 3. The third kappa shape index (κ3) is 3.51. The van der Waals surface area contributed by atoms with Crippen molar-refractivity contribution >= 4 is 34.3 Å². The first-order valence-corrected chi connectivity index (χ1v) is 9.02. The van der Waals surface area contributed by atoms with E-state index in [0.717, 1.165) is 27.8 Å². The summed E-state index contributed by atoms with van der Waals surface area (Å²) in [6.07, 6.45) is 7.89. The van der Waals surface area contributed by atoms with Crippen molar-refractivity contribution in [2.75, 3.05) is 11.1 Å².